The molecule has 4 rings (SSSR count). The molecule has 222 valence electrons. The predicted octanol–water partition coefficient (Wildman–Crippen LogP) is 6.65. The quantitative estimate of drug-likeness (QED) is 0.274. The van der Waals surface area contributed by atoms with E-state index < -0.39 is 6.36 Å². The van der Waals surface area contributed by atoms with E-state index in [1.54, 1.807) is 26.6 Å². The third-order valence-electron chi connectivity index (χ3n) is 6.36. The van der Waals surface area contributed by atoms with E-state index in [1.165, 1.54) is 24.3 Å². The van der Waals surface area contributed by atoms with Crippen molar-refractivity contribution in [3.8, 4) is 5.75 Å². The summed E-state index contributed by atoms with van der Waals surface area (Å²) in [6.45, 7) is 9.24. The number of aliphatic imine (C=N–C) groups is 1. The number of halogens is 3. The van der Waals surface area contributed by atoms with Gasteiger partial charge in [-0.2, -0.15) is 5.10 Å². The van der Waals surface area contributed by atoms with Crippen LogP contribution in [0.3, 0.4) is 0 Å². The highest BCUT2D eigenvalue weighted by Crippen LogP contribution is 2.25. The van der Waals surface area contributed by atoms with Crippen LogP contribution in [0.2, 0.25) is 0 Å². The van der Waals surface area contributed by atoms with Crippen LogP contribution in [-0.2, 0) is 16.0 Å². The maximum Gasteiger partial charge on any atom is 0.573 e. The Balaban J connectivity index is 0.00000147. The number of hydrogen-bond donors (Lipinski definition) is 1. The van der Waals surface area contributed by atoms with E-state index in [1.807, 2.05) is 30.7 Å². The second-order valence-electron chi connectivity index (χ2n) is 9.68. The molecule has 41 heavy (non-hydrogen) atoms. The molecule has 0 radical (unpaired) electrons. The molecular weight excluding hydrogens is 535 g/mol. The number of nitrogens with one attached hydrogen (secondary N) is 1. The Labute approximate surface area is 239 Å². The minimum Gasteiger partial charge on any atom is -0.406 e. The van der Waals surface area contributed by atoms with Crippen LogP contribution < -0.4 is 10.1 Å². The van der Waals surface area contributed by atoms with Crippen molar-refractivity contribution in [1.82, 2.24) is 14.8 Å². The molecule has 0 atom stereocenters. The molecule has 0 spiro atoms. The molecule has 1 fully saturated rings. The molecule has 1 aliphatic rings. The number of methoxy groups -OCH3 is 1. The summed E-state index contributed by atoms with van der Waals surface area (Å²) >= 11 is 0. The summed E-state index contributed by atoms with van der Waals surface area (Å²) in [5.41, 5.74) is 3.67. The molecule has 0 unspecified atom stereocenters. The van der Waals surface area contributed by atoms with Gasteiger partial charge in [0.25, 0.3) is 0 Å². The largest absolute Gasteiger partial charge is 0.573 e. The van der Waals surface area contributed by atoms with Gasteiger partial charge < -0.3 is 19.5 Å². The number of ether oxygens (including phenoxy) is 3. The fraction of sp³-hybridized carbons (Fsp3) is 0.433. The van der Waals surface area contributed by atoms with Crippen molar-refractivity contribution in [2.45, 2.75) is 64.6 Å². The van der Waals surface area contributed by atoms with Gasteiger partial charge in [-0.1, -0.05) is 6.58 Å². The number of rotatable bonds is 10. The van der Waals surface area contributed by atoms with E-state index in [0.717, 1.165) is 49.4 Å². The van der Waals surface area contributed by atoms with Crippen LogP contribution in [0.1, 0.15) is 55.1 Å². The standard InChI is InChI=1S/C28H32F3N5O2.C2H6O/c1-4-37-25-11-7-23(8-12-25)34-27-16-21(13-14-32-27)18-36-19(2)15-24(35-36)17-33-20(3)22-5-9-26(10-6-22)38-28(29,30)31;1-3-2/h5-6,9-10,13-17,23,25H,3-4,7-8,11-12,18H2,1-2H3,(H,32,34);1-2H3. The Hall–Kier alpha value is -3.70. The van der Waals surface area contributed by atoms with Crippen LogP contribution in [0.4, 0.5) is 19.0 Å². The molecular formula is C30H38F3N5O3. The summed E-state index contributed by atoms with van der Waals surface area (Å²) in [7, 11) is 3.25. The first-order valence-electron chi connectivity index (χ1n) is 13.5. The second-order valence-corrected chi connectivity index (χ2v) is 9.68. The zero-order valence-electron chi connectivity index (χ0n) is 23.9. The molecule has 2 aromatic heterocycles. The summed E-state index contributed by atoms with van der Waals surface area (Å²) in [6.07, 6.45) is 3.28. The minimum atomic E-state index is -4.73. The van der Waals surface area contributed by atoms with Crippen molar-refractivity contribution >= 4 is 17.7 Å². The Morgan fingerprint density at radius 3 is 2.44 bits per heavy atom. The molecule has 3 aromatic rings. The van der Waals surface area contributed by atoms with Crippen LogP contribution >= 0.6 is 0 Å². The monoisotopic (exact) mass is 573 g/mol. The molecule has 0 bridgehead atoms. The Morgan fingerprint density at radius 1 is 1.12 bits per heavy atom. The van der Waals surface area contributed by atoms with Crippen LogP contribution in [0, 0.1) is 6.92 Å². The highest BCUT2D eigenvalue weighted by Gasteiger charge is 2.31. The summed E-state index contributed by atoms with van der Waals surface area (Å²) in [5.74, 6) is 0.563. The normalized spacial score (nSPS) is 17.1. The molecule has 11 heteroatoms. The van der Waals surface area contributed by atoms with Gasteiger partial charge in [0.15, 0.2) is 0 Å². The minimum absolute atomic E-state index is 0.296. The van der Waals surface area contributed by atoms with Gasteiger partial charge in [0.2, 0.25) is 0 Å². The lowest BCUT2D eigenvalue weighted by Crippen LogP contribution is -2.30. The lowest BCUT2D eigenvalue weighted by molar-refractivity contribution is -0.274. The van der Waals surface area contributed by atoms with Crippen LogP contribution in [0.15, 0.2) is 60.2 Å². The number of benzene rings is 1. The highest BCUT2D eigenvalue weighted by molar-refractivity contribution is 5.83. The van der Waals surface area contributed by atoms with Gasteiger partial charge in [0.1, 0.15) is 17.3 Å². The molecule has 8 nitrogen and oxygen atoms in total. The van der Waals surface area contributed by atoms with Crippen molar-refractivity contribution in [2.75, 3.05) is 26.1 Å². The smallest absolute Gasteiger partial charge is 0.406 e. The molecule has 1 N–H and O–H groups in total. The van der Waals surface area contributed by atoms with E-state index in [4.69, 9.17) is 4.74 Å². The zero-order chi connectivity index (χ0) is 29.8. The van der Waals surface area contributed by atoms with E-state index in [0.29, 0.717) is 35.6 Å². The SMILES string of the molecule is C=C(N=Cc1cc(C)n(Cc2ccnc(NC3CCC(OCC)CC3)c2)n1)c1ccc(OC(F)(F)F)cc1.COC. The molecule has 1 aromatic carbocycles. The predicted molar refractivity (Wildman–Crippen MR) is 154 cm³/mol. The topological polar surface area (TPSA) is 82.8 Å². The first-order valence-corrected chi connectivity index (χ1v) is 13.5. The first kappa shape index (κ1) is 31.8. The number of alkyl halides is 3. The van der Waals surface area contributed by atoms with Gasteiger partial charge >= 0.3 is 6.36 Å². The van der Waals surface area contributed by atoms with Gasteiger partial charge in [-0.15, -0.1) is 13.2 Å². The maximum atomic E-state index is 12.3. The van der Waals surface area contributed by atoms with Gasteiger partial charge in [0.05, 0.1) is 24.6 Å². The first-order chi connectivity index (χ1) is 19.6. The average Bonchev–Trinajstić information content (AvgIpc) is 3.27. The Kier molecular flexibility index (Phi) is 11.9. The van der Waals surface area contributed by atoms with Gasteiger partial charge in [-0.25, -0.2) is 4.98 Å². The van der Waals surface area contributed by atoms with Crippen molar-refractivity contribution in [3.05, 3.63) is 77.8 Å². The van der Waals surface area contributed by atoms with E-state index >= 15 is 0 Å². The van der Waals surface area contributed by atoms with Crippen LogP contribution in [-0.4, -0.2) is 60.3 Å². The summed E-state index contributed by atoms with van der Waals surface area (Å²) in [4.78, 5) is 8.83. The molecule has 0 saturated heterocycles. The van der Waals surface area contributed by atoms with Crippen molar-refractivity contribution in [2.24, 2.45) is 4.99 Å². The van der Waals surface area contributed by atoms with Gasteiger partial charge in [0, 0.05) is 38.8 Å². The fourth-order valence-corrected chi connectivity index (χ4v) is 4.47. The van der Waals surface area contributed by atoms with Crippen LogP contribution in [0.25, 0.3) is 5.70 Å². The van der Waals surface area contributed by atoms with E-state index in [2.05, 4.69) is 42.5 Å². The van der Waals surface area contributed by atoms with Crippen molar-refractivity contribution < 1.29 is 27.4 Å². The number of hydrogen-bond acceptors (Lipinski definition) is 7. The van der Waals surface area contributed by atoms with E-state index in [9.17, 15) is 13.2 Å². The number of aryl methyl sites for hydroxylation is 1. The molecule has 1 saturated carbocycles. The highest BCUT2D eigenvalue weighted by atomic mass is 19.4. The third kappa shape index (κ3) is 10.7. The second kappa shape index (κ2) is 15.3. The lowest BCUT2D eigenvalue weighted by Gasteiger charge is -2.29. The average molecular weight is 574 g/mol. The van der Waals surface area contributed by atoms with Crippen molar-refractivity contribution in [1.29, 1.82) is 0 Å². The van der Waals surface area contributed by atoms with Gasteiger partial charge in [-0.3, -0.25) is 9.67 Å². The Morgan fingerprint density at radius 2 is 1.80 bits per heavy atom. The van der Waals surface area contributed by atoms with E-state index in [-0.39, 0.29) is 5.75 Å². The summed E-state index contributed by atoms with van der Waals surface area (Å²) in [5, 5.41) is 8.18. The summed E-state index contributed by atoms with van der Waals surface area (Å²) in [6, 6.07) is 11.7. The third-order valence-corrected chi connectivity index (χ3v) is 6.36. The molecule has 1 aliphatic carbocycles. The number of aromatic nitrogens is 3. The number of nitrogens with zero attached hydrogens (tertiary/aromatic N) is 4. The van der Waals surface area contributed by atoms with Crippen LogP contribution in [0.5, 0.6) is 5.75 Å². The molecule has 0 aliphatic heterocycles. The number of anilines is 1. The van der Waals surface area contributed by atoms with Gasteiger partial charge in [-0.05, 0) is 93.1 Å². The molecule has 2 heterocycles. The summed E-state index contributed by atoms with van der Waals surface area (Å²) < 4.78 is 52.8. The zero-order valence-corrected chi connectivity index (χ0v) is 23.9. The molecule has 0 amide bonds. The maximum absolute atomic E-state index is 12.3. The fourth-order valence-electron chi connectivity index (χ4n) is 4.47. The van der Waals surface area contributed by atoms with Crippen molar-refractivity contribution in [3.63, 3.8) is 0 Å². The Bertz CT molecular complexity index is 1270. The lowest BCUT2D eigenvalue weighted by atomic mass is 9.93. The number of pyridine rings is 1.